The van der Waals surface area contributed by atoms with E-state index in [0.29, 0.717) is 0 Å². The summed E-state index contributed by atoms with van der Waals surface area (Å²) in [6, 6.07) is 19.6. The van der Waals surface area contributed by atoms with E-state index in [2.05, 4.69) is 5.32 Å². The molecule has 2 amide bonds. The maximum absolute atomic E-state index is 14.2. The lowest BCUT2D eigenvalue weighted by molar-refractivity contribution is -0.140. The molecule has 1 N–H and O–H groups in total. The zero-order valence-electron chi connectivity index (χ0n) is 23.9. The van der Waals surface area contributed by atoms with Crippen LogP contribution in [0, 0.1) is 12.7 Å². The molecule has 0 saturated heterocycles. The molecule has 0 bridgehead atoms. The maximum atomic E-state index is 14.2. The number of sulfonamides is 1. The topological polar surface area (TPSA) is 86.8 Å². The summed E-state index contributed by atoms with van der Waals surface area (Å²) in [7, 11) is -3.98. The van der Waals surface area contributed by atoms with Crippen LogP contribution in [0.3, 0.4) is 0 Å². The fourth-order valence-electron chi connectivity index (χ4n) is 5.32. The summed E-state index contributed by atoms with van der Waals surface area (Å²) in [5.41, 5.74) is 2.70. The molecule has 4 rings (SSSR count). The summed E-state index contributed by atoms with van der Waals surface area (Å²) >= 11 is 5.96. The molecular weight excluding hydrogens is 577 g/mol. The lowest BCUT2D eigenvalue weighted by Gasteiger charge is -2.35. The quantitative estimate of drug-likeness (QED) is 0.303. The average Bonchev–Trinajstić information content (AvgIpc) is 2.96. The van der Waals surface area contributed by atoms with Gasteiger partial charge in [0.15, 0.2) is 0 Å². The number of aryl methyl sites for hydroxylation is 1. The van der Waals surface area contributed by atoms with E-state index in [0.717, 1.165) is 65.4 Å². The largest absolute Gasteiger partial charge is 0.352 e. The summed E-state index contributed by atoms with van der Waals surface area (Å²) < 4.78 is 40.6. The SMILES string of the molecule is Cc1ccccc1CN(C(=O)CN(c1ccc(F)c(Cl)c1)S(C)(=O)=O)[C@@H](Cc1ccccc1)C(=O)NC1CCCCC1. The number of nitrogens with zero attached hydrogens (tertiary/aromatic N) is 2. The van der Waals surface area contributed by atoms with Crippen molar-refractivity contribution < 1.29 is 22.4 Å². The number of nitrogens with one attached hydrogen (secondary N) is 1. The van der Waals surface area contributed by atoms with E-state index in [-0.39, 0.29) is 35.6 Å². The van der Waals surface area contributed by atoms with Crippen LogP contribution in [0.15, 0.2) is 72.8 Å². The molecule has 0 unspecified atom stereocenters. The number of carbonyl (C=O) groups is 2. The summed E-state index contributed by atoms with van der Waals surface area (Å²) in [4.78, 5) is 29.6. The van der Waals surface area contributed by atoms with Crippen molar-refractivity contribution in [3.8, 4) is 0 Å². The Morgan fingerprint density at radius 3 is 2.31 bits per heavy atom. The third-order valence-electron chi connectivity index (χ3n) is 7.69. The number of amides is 2. The predicted molar refractivity (Wildman–Crippen MR) is 164 cm³/mol. The van der Waals surface area contributed by atoms with Gasteiger partial charge in [0.2, 0.25) is 21.8 Å². The van der Waals surface area contributed by atoms with Gasteiger partial charge in [-0.3, -0.25) is 13.9 Å². The van der Waals surface area contributed by atoms with E-state index in [1.807, 2.05) is 61.5 Å². The van der Waals surface area contributed by atoms with Gasteiger partial charge in [0.1, 0.15) is 18.4 Å². The van der Waals surface area contributed by atoms with E-state index in [9.17, 15) is 22.4 Å². The number of halogens is 2. The van der Waals surface area contributed by atoms with Crippen LogP contribution in [0.1, 0.15) is 48.8 Å². The van der Waals surface area contributed by atoms with Gasteiger partial charge >= 0.3 is 0 Å². The molecule has 7 nitrogen and oxygen atoms in total. The highest BCUT2D eigenvalue weighted by Crippen LogP contribution is 2.26. The zero-order valence-corrected chi connectivity index (χ0v) is 25.5. The first-order valence-electron chi connectivity index (χ1n) is 14.1. The average molecular weight is 614 g/mol. The number of rotatable bonds is 11. The molecule has 1 atom stereocenters. The molecule has 0 aliphatic heterocycles. The van der Waals surface area contributed by atoms with Gasteiger partial charge in [0.05, 0.1) is 17.0 Å². The molecule has 224 valence electrons. The van der Waals surface area contributed by atoms with Gasteiger partial charge in [0, 0.05) is 19.0 Å². The molecule has 3 aromatic rings. The minimum atomic E-state index is -3.98. The number of hydrogen-bond acceptors (Lipinski definition) is 4. The Morgan fingerprint density at radius 2 is 1.67 bits per heavy atom. The van der Waals surface area contributed by atoms with E-state index < -0.39 is 34.3 Å². The predicted octanol–water partition coefficient (Wildman–Crippen LogP) is 5.64. The molecular formula is C32H37ClFN3O4S. The van der Waals surface area contributed by atoms with Gasteiger partial charge in [-0.25, -0.2) is 12.8 Å². The van der Waals surface area contributed by atoms with Gasteiger partial charge < -0.3 is 10.2 Å². The minimum absolute atomic E-state index is 0.0220. The fraction of sp³-hybridized carbons (Fsp3) is 0.375. The summed E-state index contributed by atoms with van der Waals surface area (Å²) in [6.07, 6.45) is 6.17. The van der Waals surface area contributed by atoms with Gasteiger partial charge in [-0.2, -0.15) is 0 Å². The van der Waals surface area contributed by atoms with Crippen molar-refractivity contribution in [2.75, 3.05) is 17.1 Å². The highest BCUT2D eigenvalue weighted by atomic mass is 35.5. The Hall–Kier alpha value is -3.43. The van der Waals surface area contributed by atoms with Crippen molar-refractivity contribution >= 4 is 39.1 Å². The summed E-state index contributed by atoms with van der Waals surface area (Å²) in [5.74, 6) is -1.55. The van der Waals surface area contributed by atoms with Crippen LogP contribution in [-0.2, 0) is 32.6 Å². The number of anilines is 1. The third-order valence-corrected chi connectivity index (χ3v) is 9.13. The van der Waals surface area contributed by atoms with Crippen LogP contribution >= 0.6 is 11.6 Å². The minimum Gasteiger partial charge on any atom is -0.352 e. The van der Waals surface area contributed by atoms with E-state index in [1.54, 1.807) is 0 Å². The van der Waals surface area contributed by atoms with Crippen molar-refractivity contribution in [3.63, 3.8) is 0 Å². The Labute approximate surface area is 252 Å². The number of benzene rings is 3. The molecule has 0 spiro atoms. The molecule has 1 fully saturated rings. The molecule has 10 heteroatoms. The Balaban J connectivity index is 1.74. The summed E-state index contributed by atoms with van der Waals surface area (Å²) in [5, 5.41) is 2.92. The highest BCUT2D eigenvalue weighted by Gasteiger charge is 2.34. The molecule has 3 aromatic carbocycles. The molecule has 1 aliphatic carbocycles. The Kier molecular flexibility index (Phi) is 10.6. The van der Waals surface area contributed by atoms with Crippen LogP contribution < -0.4 is 9.62 Å². The first-order chi connectivity index (χ1) is 20.0. The Bertz CT molecular complexity index is 1500. The Morgan fingerprint density at radius 1 is 1.00 bits per heavy atom. The van der Waals surface area contributed by atoms with Gasteiger partial charge in [-0.05, 0) is 54.7 Å². The first kappa shape index (κ1) is 31.5. The number of carbonyl (C=O) groups excluding carboxylic acids is 2. The highest BCUT2D eigenvalue weighted by molar-refractivity contribution is 7.92. The normalized spacial score (nSPS) is 14.7. The zero-order chi connectivity index (χ0) is 30.3. The van der Waals surface area contributed by atoms with E-state index in [4.69, 9.17) is 11.6 Å². The molecule has 42 heavy (non-hydrogen) atoms. The molecule has 0 radical (unpaired) electrons. The molecule has 0 aromatic heterocycles. The van der Waals surface area contributed by atoms with Crippen molar-refractivity contribution in [3.05, 3.63) is 100 Å². The second kappa shape index (κ2) is 14.2. The smallest absolute Gasteiger partial charge is 0.244 e. The maximum Gasteiger partial charge on any atom is 0.244 e. The third kappa shape index (κ3) is 8.32. The molecule has 1 saturated carbocycles. The van der Waals surface area contributed by atoms with Crippen molar-refractivity contribution in [2.45, 2.75) is 64.1 Å². The van der Waals surface area contributed by atoms with Crippen LogP contribution in [0.2, 0.25) is 5.02 Å². The first-order valence-corrected chi connectivity index (χ1v) is 16.4. The summed E-state index contributed by atoms with van der Waals surface area (Å²) in [6.45, 7) is 1.44. The van der Waals surface area contributed by atoms with Crippen molar-refractivity contribution in [1.29, 1.82) is 0 Å². The second-order valence-corrected chi connectivity index (χ2v) is 13.2. The van der Waals surface area contributed by atoms with Crippen LogP contribution in [0.25, 0.3) is 0 Å². The van der Waals surface area contributed by atoms with Crippen molar-refractivity contribution in [2.24, 2.45) is 0 Å². The van der Waals surface area contributed by atoms with Gasteiger partial charge in [-0.15, -0.1) is 0 Å². The lowest BCUT2D eigenvalue weighted by atomic mass is 9.94. The second-order valence-electron chi connectivity index (χ2n) is 10.9. The number of hydrogen-bond donors (Lipinski definition) is 1. The van der Waals surface area contributed by atoms with Crippen molar-refractivity contribution in [1.82, 2.24) is 10.2 Å². The van der Waals surface area contributed by atoms with E-state index in [1.165, 1.54) is 17.0 Å². The molecule has 1 aliphatic rings. The van der Waals surface area contributed by atoms with Crippen LogP contribution in [0.5, 0.6) is 0 Å². The van der Waals surface area contributed by atoms with E-state index >= 15 is 0 Å². The standard InChI is InChI=1S/C32H37ClFN3O4S/c1-23-11-9-10-14-25(23)21-36(31(38)22-37(42(2,40)41)27-17-18-29(34)28(33)20-27)30(19-24-12-5-3-6-13-24)32(39)35-26-15-7-4-8-16-26/h3,5-6,9-14,17-18,20,26,30H,4,7-8,15-16,19,21-22H2,1-2H3,(H,35,39)/t30-/m0/s1. The lowest BCUT2D eigenvalue weighted by Crippen LogP contribution is -2.55. The molecule has 0 heterocycles. The fourth-order valence-corrected chi connectivity index (χ4v) is 6.34. The van der Waals surface area contributed by atoms with Crippen LogP contribution in [0.4, 0.5) is 10.1 Å². The monoisotopic (exact) mass is 613 g/mol. The van der Waals surface area contributed by atoms with Crippen LogP contribution in [-0.4, -0.2) is 50.0 Å². The van der Waals surface area contributed by atoms with Gasteiger partial charge in [-0.1, -0.05) is 85.5 Å². The van der Waals surface area contributed by atoms with Gasteiger partial charge in [0.25, 0.3) is 0 Å².